The predicted molar refractivity (Wildman–Crippen MR) is 85.7 cm³/mol. The van der Waals surface area contributed by atoms with Gasteiger partial charge in [0.1, 0.15) is 0 Å². The van der Waals surface area contributed by atoms with Gasteiger partial charge in [0.2, 0.25) is 0 Å². The van der Waals surface area contributed by atoms with Gasteiger partial charge < -0.3 is 10.3 Å². The maximum atomic E-state index is 12.2. The van der Waals surface area contributed by atoms with E-state index in [0.717, 1.165) is 22.2 Å². The monoisotopic (exact) mass is 331 g/mol. The molecule has 1 aromatic carbocycles. The van der Waals surface area contributed by atoms with Crippen molar-refractivity contribution in [3.05, 3.63) is 60.6 Å². The molecule has 4 nitrogen and oxygen atoms in total. The van der Waals surface area contributed by atoms with Crippen LogP contribution in [-0.2, 0) is 0 Å². The Morgan fingerprint density at radius 3 is 2.70 bits per heavy atom. The number of Topliss-reactive ketones (excluding diaryl/α,β-unsaturated/α-hetero) is 1. The summed E-state index contributed by atoms with van der Waals surface area (Å²) >= 11 is 0. The highest BCUT2D eigenvalue weighted by Gasteiger charge is 2.11. The molecule has 0 saturated heterocycles. The van der Waals surface area contributed by atoms with Crippen molar-refractivity contribution in [1.29, 1.82) is 0 Å². The van der Waals surface area contributed by atoms with Crippen LogP contribution in [0.25, 0.3) is 10.9 Å². The van der Waals surface area contributed by atoms with Gasteiger partial charge in [-0.15, -0.1) is 17.0 Å². The number of nitrogens with one attached hydrogen (secondary N) is 2. The van der Waals surface area contributed by atoms with Crippen LogP contribution < -0.4 is 5.32 Å². The molecular weight excluding hydrogens is 318 g/mol. The number of para-hydroxylation sites is 1. The first-order valence-electron chi connectivity index (χ1n) is 6.08. The average molecular weight is 332 g/mol. The first kappa shape index (κ1) is 14.3. The summed E-state index contributed by atoms with van der Waals surface area (Å²) in [6.45, 7) is 0.270. The number of nitrogens with zero attached hydrogens (tertiary/aromatic N) is 1. The summed E-state index contributed by atoms with van der Waals surface area (Å²) < 4.78 is 0. The fourth-order valence-electron chi connectivity index (χ4n) is 2.05. The molecule has 5 heteroatoms. The summed E-state index contributed by atoms with van der Waals surface area (Å²) in [4.78, 5) is 19.2. The van der Waals surface area contributed by atoms with Crippen LogP contribution in [-0.4, -0.2) is 22.3 Å². The molecule has 0 aliphatic heterocycles. The Kier molecular flexibility index (Phi) is 4.53. The van der Waals surface area contributed by atoms with Gasteiger partial charge in [0.05, 0.1) is 6.54 Å². The normalized spacial score (nSPS) is 10.0. The third-order valence-electron chi connectivity index (χ3n) is 3.02. The molecule has 0 atom stereocenters. The van der Waals surface area contributed by atoms with Gasteiger partial charge in [-0.25, -0.2) is 0 Å². The van der Waals surface area contributed by atoms with Crippen LogP contribution in [0.4, 0.5) is 5.69 Å². The summed E-state index contributed by atoms with van der Waals surface area (Å²) in [5, 5.41) is 4.06. The number of carbonyl (C=O) groups is 1. The van der Waals surface area contributed by atoms with Crippen LogP contribution >= 0.6 is 17.0 Å². The number of rotatable bonds is 4. The smallest absolute Gasteiger partial charge is 0.183 e. The molecule has 0 saturated carbocycles. The van der Waals surface area contributed by atoms with E-state index >= 15 is 0 Å². The lowest BCUT2D eigenvalue weighted by atomic mass is 10.1. The zero-order valence-corrected chi connectivity index (χ0v) is 12.4. The standard InChI is InChI=1S/C15H13N3O.BrH/c19-15(10-17-11-5-7-16-8-6-11)13-9-18-14-4-2-1-3-12(13)14;/h1-9,18H,10H2,(H,16,17);1H. The van der Waals surface area contributed by atoms with Crippen molar-refractivity contribution in [1.82, 2.24) is 9.97 Å². The second kappa shape index (κ2) is 6.34. The predicted octanol–water partition coefficient (Wildman–Crippen LogP) is 3.44. The molecule has 20 heavy (non-hydrogen) atoms. The lowest BCUT2D eigenvalue weighted by Crippen LogP contribution is -2.13. The van der Waals surface area contributed by atoms with E-state index in [9.17, 15) is 4.79 Å². The minimum absolute atomic E-state index is 0. The van der Waals surface area contributed by atoms with Gasteiger partial charge in [-0.3, -0.25) is 9.78 Å². The lowest BCUT2D eigenvalue weighted by Gasteiger charge is -2.04. The molecule has 0 aliphatic carbocycles. The van der Waals surface area contributed by atoms with E-state index in [0.29, 0.717) is 0 Å². The van der Waals surface area contributed by atoms with Crippen molar-refractivity contribution in [3.8, 4) is 0 Å². The van der Waals surface area contributed by atoms with Crippen molar-refractivity contribution in [2.75, 3.05) is 11.9 Å². The van der Waals surface area contributed by atoms with Gasteiger partial charge in [0.25, 0.3) is 0 Å². The van der Waals surface area contributed by atoms with Crippen LogP contribution in [0.15, 0.2) is 55.0 Å². The number of ketones is 1. The topological polar surface area (TPSA) is 57.8 Å². The molecule has 2 heterocycles. The first-order valence-corrected chi connectivity index (χ1v) is 6.08. The number of benzene rings is 1. The van der Waals surface area contributed by atoms with E-state index < -0.39 is 0 Å². The average Bonchev–Trinajstić information content (AvgIpc) is 2.90. The number of pyridine rings is 1. The van der Waals surface area contributed by atoms with Crippen LogP contribution in [0.2, 0.25) is 0 Å². The minimum Gasteiger partial charge on any atom is -0.377 e. The number of aromatic nitrogens is 2. The zero-order chi connectivity index (χ0) is 13.1. The zero-order valence-electron chi connectivity index (χ0n) is 10.7. The fraction of sp³-hybridized carbons (Fsp3) is 0.0667. The molecule has 3 aromatic rings. The number of H-pyrrole nitrogens is 1. The highest BCUT2D eigenvalue weighted by Crippen LogP contribution is 2.18. The molecule has 0 spiro atoms. The second-order valence-corrected chi connectivity index (χ2v) is 4.26. The Morgan fingerprint density at radius 1 is 1.15 bits per heavy atom. The Bertz CT molecular complexity index is 709. The summed E-state index contributed by atoms with van der Waals surface area (Å²) in [7, 11) is 0. The second-order valence-electron chi connectivity index (χ2n) is 4.26. The number of hydrogen-bond donors (Lipinski definition) is 2. The summed E-state index contributed by atoms with van der Waals surface area (Å²) in [5.74, 6) is 0.0641. The third-order valence-corrected chi connectivity index (χ3v) is 3.02. The van der Waals surface area contributed by atoms with E-state index in [1.165, 1.54) is 0 Å². The first-order chi connectivity index (χ1) is 9.34. The Balaban J connectivity index is 0.00000147. The van der Waals surface area contributed by atoms with Crippen LogP contribution in [0.5, 0.6) is 0 Å². The molecule has 0 fully saturated rings. The summed E-state index contributed by atoms with van der Waals surface area (Å²) in [6.07, 6.45) is 5.15. The number of aromatic amines is 1. The van der Waals surface area contributed by atoms with E-state index in [4.69, 9.17) is 0 Å². The third kappa shape index (κ3) is 2.88. The van der Waals surface area contributed by atoms with Crippen molar-refractivity contribution >= 4 is 39.4 Å². The Hall–Kier alpha value is -2.14. The highest BCUT2D eigenvalue weighted by atomic mass is 79.9. The number of anilines is 1. The number of halogens is 1. The van der Waals surface area contributed by atoms with Gasteiger partial charge >= 0.3 is 0 Å². The molecule has 2 aromatic heterocycles. The molecule has 3 rings (SSSR count). The highest BCUT2D eigenvalue weighted by molar-refractivity contribution is 8.93. The van der Waals surface area contributed by atoms with Gasteiger partial charge in [0.15, 0.2) is 5.78 Å². The molecule has 102 valence electrons. The Morgan fingerprint density at radius 2 is 1.90 bits per heavy atom. The van der Waals surface area contributed by atoms with Gasteiger partial charge in [-0.2, -0.15) is 0 Å². The van der Waals surface area contributed by atoms with Crippen LogP contribution in [0, 0.1) is 0 Å². The molecule has 2 N–H and O–H groups in total. The van der Waals surface area contributed by atoms with Crippen LogP contribution in [0.3, 0.4) is 0 Å². The molecule has 0 bridgehead atoms. The molecule has 0 unspecified atom stereocenters. The van der Waals surface area contributed by atoms with E-state index in [2.05, 4.69) is 15.3 Å². The fourth-order valence-corrected chi connectivity index (χ4v) is 2.05. The van der Waals surface area contributed by atoms with Gasteiger partial charge in [-0.05, 0) is 18.2 Å². The molecule has 0 aliphatic rings. The molecule has 0 amide bonds. The van der Waals surface area contributed by atoms with Crippen molar-refractivity contribution in [3.63, 3.8) is 0 Å². The summed E-state index contributed by atoms with van der Waals surface area (Å²) in [6, 6.07) is 11.5. The van der Waals surface area contributed by atoms with E-state index in [-0.39, 0.29) is 29.3 Å². The maximum absolute atomic E-state index is 12.2. The van der Waals surface area contributed by atoms with Gasteiger partial charge in [-0.1, -0.05) is 18.2 Å². The number of fused-ring (bicyclic) bond motifs is 1. The van der Waals surface area contributed by atoms with Crippen molar-refractivity contribution < 1.29 is 4.79 Å². The quantitative estimate of drug-likeness (QED) is 0.720. The van der Waals surface area contributed by atoms with Crippen LogP contribution in [0.1, 0.15) is 10.4 Å². The Labute approximate surface area is 127 Å². The largest absolute Gasteiger partial charge is 0.377 e. The van der Waals surface area contributed by atoms with Crippen molar-refractivity contribution in [2.45, 2.75) is 0 Å². The molecule has 0 radical (unpaired) electrons. The SMILES string of the molecule is Br.O=C(CNc1ccncc1)c1c[nH]c2ccccc12. The van der Waals surface area contributed by atoms with E-state index in [1.807, 2.05) is 36.4 Å². The number of hydrogen-bond acceptors (Lipinski definition) is 3. The van der Waals surface area contributed by atoms with Crippen molar-refractivity contribution in [2.24, 2.45) is 0 Å². The lowest BCUT2D eigenvalue weighted by molar-refractivity contribution is 0.101. The maximum Gasteiger partial charge on any atom is 0.183 e. The minimum atomic E-state index is 0. The summed E-state index contributed by atoms with van der Waals surface area (Å²) in [5.41, 5.74) is 2.59. The van der Waals surface area contributed by atoms with E-state index in [1.54, 1.807) is 18.6 Å². The van der Waals surface area contributed by atoms with Gasteiger partial charge in [0, 0.05) is 40.7 Å². The number of carbonyl (C=O) groups excluding carboxylic acids is 1. The molecular formula is C15H14BrN3O.